The first-order valence-electron chi connectivity index (χ1n) is 4.63. The fraction of sp³-hybridized carbons (Fsp3) is 0.889. The molecule has 2 rings (SSSR count). The predicted octanol–water partition coefficient (Wildman–Crippen LogP) is 0.217. The third-order valence-corrected chi connectivity index (χ3v) is 3.07. The van der Waals surface area contributed by atoms with Gasteiger partial charge in [0.2, 0.25) is 5.91 Å². The van der Waals surface area contributed by atoms with Crippen LogP contribution in [0.4, 0.5) is 0 Å². The molecule has 68 valence electrons. The van der Waals surface area contributed by atoms with Crippen molar-refractivity contribution < 1.29 is 4.79 Å². The summed E-state index contributed by atoms with van der Waals surface area (Å²) in [6, 6.07) is 0. The summed E-state index contributed by atoms with van der Waals surface area (Å²) < 4.78 is 0. The van der Waals surface area contributed by atoms with Gasteiger partial charge in [-0.25, -0.2) is 0 Å². The minimum Gasteiger partial charge on any atom is -0.337 e. The number of amides is 1. The SMILES string of the molecule is CC1(C)CCN1C(=O)C1CNC1. The Hall–Kier alpha value is -0.570. The average Bonchev–Trinajstić information content (AvgIpc) is 1.81. The summed E-state index contributed by atoms with van der Waals surface area (Å²) in [7, 11) is 0. The Morgan fingerprint density at radius 3 is 2.42 bits per heavy atom. The van der Waals surface area contributed by atoms with Crippen molar-refractivity contribution in [3.63, 3.8) is 0 Å². The molecule has 1 amide bonds. The lowest BCUT2D eigenvalue weighted by Gasteiger charge is -2.50. The van der Waals surface area contributed by atoms with Crippen LogP contribution in [-0.2, 0) is 4.79 Å². The van der Waals surface area contributed by atoms with Crippen molar-refractivity contribution in [2.45, 2.75) is 25.8 Å². The largest absolute Gasteiger partial charge is 0.337 e. The summed E-state index contributed by atoms with van der Waals surface area (Å²) in [5.74, 6) is 0.620. The molecular weight excluding hydrogens is 152 g/mol. The first kappa shape index (κ1) is 8.05. The number of nitrogens with one attached hydrogen (secondary N) is 1. The van der Waals surface area contributed by atoms with E-state index in [1.165, 1.54) is 0 Å². The summed E-state index contributed by atoms with van der Waals surface area (Å²) >= 11 is 0. The summed E-state index contributed by atoms with van der Waals surface area (Å²) in [6.45, 7) is 7.00. The van der Waals surface area contributed by atoms with Gasteiger partial charge in [-0.15, -0.1) is 0 Å². The van der Waals surface area contributed by atoms with Crippen LogP contribution in [0.5, 0.6) is 0 Å². The number of likely N-dealkylation sites (tertiary alicyclic amines) is 1. The Morgan fingerprint density at radius 2 is 2.17 bits per heavy atom. The highest BCUT2D eigenvalue weighted by Crippen LogP contribution is 2.31. The minimum absolute atomic E-state index is 0.132. The molecule has 0 spiro atoms. The predicted molar refractivity (Wildman–Crippen MR) is 46.8 cm³/mol. The minimum atomic E-state index is 0.132. The molecule has 12 heavy (non-hydrogen) atoms. The van der Waals surface area contributed by atoms with Crippen LogP contribution in [0.15, 0.2) is 0 Å². The molecule has 2 fully saturated rings. The second-order valence-electron chi connectivity index (χ2n) is 4.41. The zero-order chi connectivity index (χ0) is 8.77. The Kier molecular flexibility index (Phi) is 1.65. The topological polar surface area (TPSA) is 32.3 Å². The van der Waals surface area contributed by atoms with Crippen molar-refractivity contribution in [1.29, 1.82) is 0 Å². The zero-order valence-electron chi connectivity index (χ0n) is 7.76. The molecule has 2 saturated heterocycles. The molecule has 1 N–H and O–H groups in total. The van der Waals surface area contributed by atoms with Gasteiger partial charge in [0, 0.05) is 25.2 Å². The van der Waals surface area contributed by atoms with Crippen LogP contribution in [0.25, 0.3) is 0 Å². The highest BCUT2D eigenvalue weighted by atomic mass is 16.2. The molecule has 3 nitrogen and oxygen atoms in total. The lowest BCUT2D eigenvalue weighted by atomic mass is 9.86. The van der Waals surface area contributed by atoms with Crippen LogP contribution in [0, 0.1) is 5.92 Å². The third kappa shape index (κ3) is 1.04. The van der Waals surface area contributed by atoms with Gasteiger partial charge < -0.3 is 10.2 Å². The molecule has 0 atom stereocenters. The van der Waals surface area contributed by atoms with E-state index in [9.17, 15) is 4.79 Å². The molecule has 0 aromatic carbocycles. The maximum Gasteiger partial charge on any atom is 0.228 e. The van der Waals surface area contributed by atoms with Crippen molar-refractivity contribution >= 4 is 5.91 Å². The van der Waals surface area contributed by atoms with Crippen LogP contribution in [0.2, 0.25) is 0 Å². The van der Waals surface area contributed by atoms with Crippen molar-refractivity contribution in [3.8, 4) is 0 Å². The standard InChI is InChI=1S/C9H16N2O/c1-9(2)3-4-11(9)8(12)7-5-10-6-7/h7,10H,3-6H2,1-2H3. The first-order valence-corrected chi connectivity index (χ1v) is 4.63. The molecule has 0 aromatic rings. The van der Waals surface area contributed by atoms with Gasteiger partial charge in [0.25, 0.3) is 0 Å². The van der Waals surface area contributed by atoms with Gasteiger partial charge in [0.15, 0.2) is 0 Å². The Morgan fingerprint density at radius 1 is 1.50 bits per heavy atom. The number of nitrogens with zero attached hydrogens (tertiary/aromatic N) is 1. The molecule has 0 radical (unpaired) electrons. The lowest BCUT2D eigenvalue weighted by molar-refractivity contribution is -0.150. The van der Waals surface area contributed by atoms with Crippen LogP contribution >= 0.6 is 0 Å². The van der Waals surface area contributed by atoms with E-state index in [1.807, 2.05) is 4.90 Å². The summed E-state index contributed by atoms with van der Waals surface area (Å²) in [6.07, 6.45) is 1.15. The van der Waals surface area contributed by atoms with Crippen LogP contribution < -0.4 is 5.32 Å². The van der Waals surface area contributed by atoms with Gasteiger partial charge in [-0.05, 0) is 20.3 Å². The monoisotopic (exact) mass is 168 g/mol. The zero-order valence-corrected chi connectivity index (χ0v) is 7.76. The third-order valence-electron chi connectivity index (χ3n) is 3.07. The van der Waals surface area contributed by atoms with Crippen molar-refractivity contribution in [3.05, 3.63) is 0 Å². The van der Waals surface area contributed by atoms with Gasteiger partial charge in [-0.1, -0.05) is 0 Å². The molecule has 0 bridgehead atoms. The molecule has 0 aromatic heterocycles. The molecule has 2 heterocycles. The fourth-order valence-electron chi connectivity index (χ4n) is 1.76. The van der Waals surface area contributed by atoms with Gasteiger partial charge in [0.05, 0.1) is 5.92 Å². The number of carbonyl (C=O) groups is 1. The van der Waals surface area contributed by atoms with E-state index in [-0.39, 0.29) is 11.5 Å². The van der Waals surface area contributed by atoms with E-state index in [4.69, 9.17) is 0 Å². The van der Waals surface area contributed by atoms with E-state index in [2.05, 4.69) is 19.2 Å². The van der Waals surface area contributed by atoms with Crippen LogP contribution in [0.1, 0.15) is 20.3 Å². The van der Waals surface area contributed by atoms with E-state index in [0.29, 0.717) is 5.91 Å². The normalized spacial score (nSPS) is 27.7. The van der Waals surface area contributed by atoms with Crippen molar-refractivity contribution in [1.82, 2.24) is 10.2 Å². The molecular formula is C9H16N2O. The maximum absolute atomic E-state index is 11.7. The van der Waals surface area contributed by atoms with Gasteiger partial charge in [0.1, 0.15) is 0 Å². The van der Waals surface area contributed by atoms with Gasteiger partial charge >= 0.3 is 0 Å². The highest BCUT2D eigenvalue weighted by molar-refractivity contribution is 5.81. The molecule has 0 unspecified atom stereocenters. The fourth-order valence-corrected chi connectivity index (χ4v) is 1.76. The lowest BCUT2D eigenvalue weighted by Crippen LogP contribution is -2.63. The van der Waals surface area contributed by atoms with Crippen LogP contribution in [-0.4, -0.2) is 36.0 Å². The van der Waals surface area contributed by atoms with Gasteiger partial charge in [-0.3, -0.25) is 4.79 Å². The Bertz CT molecular complexity index is 209. The molecule has 0 aliphatic carbocycles. The summed E-state index contributed by atoms with van der Waals surface area (Å²) in [5.41, 5.74) is 0.132. The average molecular weight is 168 g/mol. The smallest absolute Gasteiger partial charge is 0.228 e. The van der Waals surface area contributed by atoms with Crippen molar-refractivity contribution in [2.24, 2.45) is 5.92 Å². The van der Waals surface area contributed by atoms with E-state index >= 15 is 0 Å². The maximum atomic E-state index is 11.7. The Labute approximate surface area is 73.1 Å². The molecule has 0 saturated carbocycles. The second kappa shape index (κ2) is 2.46. The molecule has 3 heteroatoms. The van der Waals surface area contributed by atoms with E-state index in [0.717, 1.165) is 26.1 Å². The number of carbonyl (C=O) groups excluding carboxylic acids is 1. The molecule has 2 aliphatic heterocycles. The van der Waals surface area contributed by atoms with Crippen molar-refractivity contribution in [2.75, 3.05) is 19.6 Å². The van der Waals surface area contributed by atoms with E-state index in [1.54, 1.807) is 0 Å². The highest BCUT2D eigenvalue weighted by Gasteiger charge is 2.42. The Balaban J connectivity index is 1.96. The first-order chi connectivity index (χ1) is 5.61. The van der Waals surface area contributed by atoms with E-state index < -0.39 is 0 Å². The second-order valence-corrected chi connectivity index (χ2v) is 4.41. The van der Waals surface area contributed by atoms with Crippen LogP contribution in [0.3, 0.4) is 0 Å². The molecule has 2 aliphatic rings. The summed E-state index contributed by atoms with van der Waals surface area (Å²) in [5, 5.41) is 3.13. The summed E-state index contributed by atoms with van der Waals surface area (Å²) in [4.78, 5) is 13.7. The number of rotatable bonds is 1. The van der Waals surface area contributed by atoms with Gasteiger partial charge in [-0.2, -0.15) is 0 Å². The quantitative estimate of drug-likeness (QED) is 0.607. The number of hydrogen-bond acceptors (Lipinski definition) is 2. The number of hydrogen-bond donors (Lipinski definition) is 1.